The molecule has 6 nitrogen and oxygen atoms in total. The highest BCUT2D eigenvalue weighted by molar-refractivity contribution is 6.37. The van der Waals surface area contributed by atoms with Crippen molar-refractivity contribution in [3.05, 3.63) is 45.9 Å². The zero-order valence-corrected chi connectivity index (χ0v) is 19.4. The summed E-state index contributed by atoms with van der Waals surface area (Å²) in [6.07, 6.45) is -0.831. The number of anilines is 1. The Morgan fingerprint density at radius 1 is 1.20 bits per heavy atom. The molecule has 8 heteroatoms. The molecule has 1 saturated heterocycles. The Morgan fingerprint density at radius 3 is 2.33 bits per heavy atom. The summed E-state index contributed by atoms with van der Waals surface area (Å²) in [6.45, 7) is 8.74. The van der Waals surface area contributed by atoms with E-state index < -0.39 is 6.09 Å². The first-order valence-corrected chi connectivity index (χ1v) is 10.6. The van der Waals surface area contributed by atoms with E-state index >= 15 is 0 Å². The highest BCUT2D eigenvalue weighted by atomic mass is 35.5. The van der Waals surface area contributed by atoms with Crippen molar-refractivity contribution in [3.8, 4) is 17.2 Å². The van der Waals surface area contributed by atoms with E-state index in [9.17, 15) is 4.79 Å². The molecule has 164 valence electrons. The second kappa shape index (κ2) is 10.8. The second-order valence-corrected chi connectivity index (χ2v) is 7.57. The topological polar surface area (TPSA) is 74.0 Å². The van der Waals surface area contributed by atoms with Crippen molar-refractivity contribution in [3.63, 3.8) is 0 Å². The van der Waals surface area contributed by atoms with Gasteiger partial charge in [0.05, 0.1) is 29.4 Å². The number of nitrogens with two attached hydrogens (primary N) is 1. The molecule has 1 aliphatic rings. The molecule has 1 amide bonds. The molecule has 1 aliphatic heterocycles. The van der Waals surface area contributed by atoms with Crippen LogP contribution in [0.3, 0.4) is 0 Å². The molecular formula is C22H28Cl2N2O4. The minimum atomic E-state index is -0.479. The van der Waals surface area contributed by atoms with Gasteiger partial charge in [0.2, 0.25) is 0 Å². The maximum atomic E-state index is 12.0. The van der Waals surface area contributed by atoms with E-state index in [4.69, 9.17) is 43.1 Å². The molecule has 2 aromatic carbocycles. The van der Waals surface area contributed by atoms with Crippen LogP contribution in [0.4, 0.5) is 10.5 Å². The number of carbonyl (C=O) groups excluding carboxylic acids is 1. The Balaban J connectivity index is 0.00000155. The lowest BCUT2D eigenvalue weighted by Gasteiger charge is -2.18. The summed E-state index contributed by atoms with van der Waals surface area (Å²) < 4.78 is 16.5. The summed E-state index contributed by atoms with van der Waals surface area (Å²) in [6, 6.07) is 8.77. The van der Waals surface area contributed by atoms with Crippen LogP contribution in [0.15, 0.2) is 30.3 Å². The van der Waals surface area contributed by atoms with Gasteiger partial charge in [0.25, 0.3) is 0 Å². The fraction of sp³-hybridized carbons (Fsp3) is 0.409. The molecule has 0 bridgehead atoms. The second-order valence-electron chi connectivity index (χ2n) is 6.75. The predicted molar refractivity (Wildman–Crippen MR) is 122 cm³/mol. The van der Waals surface area contributed by atoms with Crippen molar-refractivity contribution in [1.82, 2.24) is 0 Å². The largest absolute Gasteiger partial charge is 0.496 e. The molecule has 2 aromatic rings. The smallest absolute Gasteiger partial charge is 0.414 e. The maximum Gasteiger partial charge on any atom is 0.414 e. The first kappa shape index (κ1) is 24.1. The number of benzene rings is 2. The lowest BCUT2D eigenvalue weighted by atomic mass is 10.0. The van der Waals surface area contributed by atoms with E-state index in [0.717, 1.165) is 11.3 Å². The van der Waals surface area contributed by atoms with Gasteiger partial charge in [0.15, 0.2) is 5.75 Å². The maximum absolute atomic E-state index is 12.0. The Kier molecular flexibility index (Phi) is 8.65. The zero-order chi connectivity index (χ0) is 22.4. The highest BCUT2D eigenvalue weighted by Crippen LogP contribution is 2.41. The monoisotopic (exact) mass is 454 g/mol. The molecule has 2 N–H and O–H groups in total. The SMILES string of the molecule is CC.COc1ccc(Oc2c(Cl)cc(N3CC(CN)OC3=O)cc2Cl)cc1C(C)C. The van der Waals surface area contributed by atoms with Gasteiger partial charge in [-0.1, -0.05) is 50.9 Å². The molecule has 3 rings (SSSR count). The molecular weight excluding hydrogens is 427 g/mol. The standard InChI is InChI=1S/C20H22Cl2N2O4.C2H6/c1-11(2)15-8-13(4-5-18(15)26-3)27-19-16(21)6-12(7-17(19)22)24-10-14(9-23)28-20(24)25;1-2/h4-8,11,14H,9-10,23H2,1-3H3;1-2H3. The van der Waals surface area contributed by atoms with Crippen LogP contribution in [0.25, 0.3) is 0 Å². The molecule has 1 fully saturated rings. The Bertz CT molecular complexity index is 866. The number of cyclic esters (lactones) is 1. The molecule has 1 heterocycles. The van der Waals surface area contributed by atoms with Crippen LogP contribution in [0.5, 0.6) is 17.2 Å². The molecule has 1 atom stereocenters. The third-order valence-corrected chi connectivity index (χ3v) is 5.04. The quantitative estimate of drug-likeness (QED) is 0.559. The highest BCUT2D eigenvalue weighted by Gasteiger charge is 2.32. The van der Waals surface area contributed by atoms with Crippen LogP contribution in [0.1, 0.15) is 39.2 Å². The van der Waals surface area contributed by atoms with Gasteiger partial charge in [-0.25, -0.2) is 4.79 Å². The molecule has 1 unspecified atom stereocenters. The fourth-order valence-electron chi connectivity index (χ4n) is 3.00. The molecule has 0 aliphatic carbocycles. The summed E-state index contributed by atoms with van der Waals surface area (Å²) in [5.41, 5.74) is 7.11. The predicted octanol–water partition coefficient (Wildman–Crippen LogP) is 6.23. The Morgan fingerprint density at radius 2 is 1.83 bits per heavy atom. The van der Waals surface area contributed by atoms with E-state index in [1.165, 1.54) is 4.90 Å². The van der Waals surface area contributed by atoms with Crippen LogP contribution in [0.2, 0.25) is 10.0 Å². The van der Waals surface area contributed by atoms with E-state index in [2.05, 4.69) is 13.8 Å². The zero-order valence-electron chi connectivity index (χ0n) is 17.9. The fourth-order valence-corrected chi connectivity index (χ4v) is 3.55. The Hall–Kier alpha value is -2.15. The number of hydrogen-bond acceptors (Lipinski definition) is 5. The number of hydrogen-bond donors (Lipinski definition) is 1. The molecule has 0 spiro atoms. The van der Waals surface area contributed by atoms with Crippen LogP contribution in [0, 0.1) is 0 Å². The third-order valence-electron chi connectivity index (χ3n) is 4.47. The number of rotatable bonds is 6. The van der Waals surface area contributed by atoms with Gasteiger partial charge in [-0.05, 0) is 36.2 Å². The molecule has 0 radical (unpaired) electrons. The van der Waals surface area contributed by atoms with Crippen molar-refractivity contribution in [2.45, 2.75) is 39.7 Å². The van der Waals surface area contributed by atoms with Gasteiger partial charge in [-0.15, -0.1) is 0 Å². The van der Waals surface area contributed by atoms with Crippen LogP contribution < -0.4 is 20.1 Å². The number of halogens is 2. The van der Waals surface area contributed by atoms with E-state index in [1.54, 1.807) is 25.3 Å². The van der Waals surface area contributed by atoms with Gasteiger partial charge >= 0.3 is 6.09 Å². The van der Waals surface area contributed by atoms with Gasteiger partial charge < -0.3 is 19.9 Å². The van der Waals surface area contributed by atoms with Crippen LogP contribution >= 0.6 is 23.2 Å². The van der Waals surface area contributed by atoms with E-state index in [-0.39, 0.29) is 28.6 Å². The minimum absolute atomic E-state index is 0.251. The lowest BCUT2D eigenvalue weighted by molar-refractivity contribution is 0.145. The van der Waals surface area contributed by atoms with Gasteiger partial charge in [-0.2, -0.15) is 0 Å². The average Bonchev–Trinajstić information content (AvgIpc) is 3.12. The molecule has 0 saturated carbocycles. The Labute approximate surface area is 187 Å². The number of methoxy groups -OCH3 is 1. The van der Waals surface area contributed by atoms with Crippen molar-refractivity contribution in [2.75, 3.05) is 25.1 Å². The first-order valence-electron chi connectivity index (χ1n) is 9.87. The summed E-state index contributed by atoms with van der Waals surface area (Å²) in [4.78, 5) is 13.5. The molecule has 0 aromatic heterocycles. The third kappa shape index (κ3) is 5.31. The van der Waals surface area contributed by atoms with Gasteiger partial charge in [0.1, 0.15) is 17.6 Å². The van der Waals surface area contributed by atoms with Crippen molar-refractivity contribution >= 4 is 35.0 Å². The number of carbonyl (C=O) groups is 1. The molecule has 30 heavy (non-hydrogen) atoms. The average molecular weight is 455 g/mol. The normalized spacial score (nSPS) is 15.6. The van der Waals surface area contributed by atoms with E-state index in [0.29, 0.717) is 23.7 Å². The number of amides is 1. The number of nitrogens with zero attached hydrogens (tertiary/aromatic N) is 1. The van der Waals surface area contributed by atoms with Crippen molar-refractivity contribution in [2.24, 2.45) is 5.73 Å². The van der Waals surface area contributed by atoms with Crippen LogP contribution in [-0.4, -0.2) is 32.4 Å². The first-order chi connectivity index (χ1) is 14.3. The van der Waals surface area contributed by atoms with Crippen molar-refractivity contribution in [1.29, 1.82) is 0 Å². The van der Waals surface area contributed by atoms with Crippen LogP contribution in [-0.2, 0) is 4.74 Å². The lowest BCUT2D eigenvalue weighted by Crippen LogP contribution is -2.27. The van der Waals surface area contributed by atoms with Crippen molar-refractivity contribution < 1.29 is 19.0 Å². The summed E-state index contributed by atoms with van der Waals surface area (Å²) >= 11 is 12.8. The summed E-state index contributed by atoms with van der Waals surface area (Å²) in [5, 5.41) is 0.571. The van der Waals surface area contributed by atoms with E-state index in [1.807, 2.05) is 26.0 Å². The summed E-state index contributed by atoms with van der Waals surface area (Å²) in [5.74, 6) is 1.94. The van der Waals surface area contributed by atoms with Gasteiger partial charge in [-0.3, -0.25) is 4.90 Å². The number of ether oxygens (including phenoxy) is 3. The summed E-state index contributed by atoms with van der Waals surface area (Å²) in [7, 11) is 1.63. The van der Waals surface area contributed by atoms with Gasteiger partial charge in [0, 0.05) is 12.1 Å². The minimum Gasteiger partial charge on any atom is -0.496 e.